The fourth-order valence-corrected chi connectivity index (χ4v) is 6.12. The molecule has 30 heavy (non-hydrogen) atoms. The first-order valence-corrected chi connectivity index (χ1v) is 13.4. The van der Waals surface area contributed by atoms with E-state index in [0.717, 1.165) is 98.4 Å². The van der Waals surface area contributed by atoms with Gasteiger partial charge in [0.25, 0.3) is 0 Å². The summed E-state index contributed by atoms with van der Waals surface area (Å²) in [5.74, 6) is 1.97. The maximum atomic E-state index is 8.65. The van der Waals surface area contributed by atoms with Gasteiger partial charge in [-0.15, -0.1) is 0 Å². The summed E-state index contributed by atoms with van der Waals surface area (Å²) in [6, 6.07) is 4.43. The number of piperazine rings is 2. The van der Waals surface area contributed by atoms with Crippen LogP contribution in [0.2, 0.25) is 0 Å². The molecule has 0 aromatic carbocycles. The standard InChI is InChI=1S/C20H32N6S4/c21-5-1-3-7-23-9-13-25(14-10-23)19(27)29-17-18-30-20(28)26-15-11-24(12-16-26)8-4-2-6-22/h1-4,7-18H2. The molecule has 166 valence electrons. The Hall–Kier alpha value is -0.620. The van der Waals surface area contributed by atoms with E-state index in [0.29, 0.717) is 12.8 Å². The third-order valence-electron chi connectivity index (χ3n) is 5.32. The number of hydrogen-bond donors (Lipinski definition) is 0. The highest BCUT2D eigenvalue weighted by atomic mass is 32.2. The van der Waals surface area contributed by atoms with Gasteiger partial charge >= 0.3 is 0 Å². The third kappa shape index (κ3) is 9.67. The van der Waals surface area contributed by atoms with Crippen molar-refractivity contribution >= 4 is 56.6 Å². The van der Waals surface area contributed by atoms with Crippen LogP contribution in [0.4, 0.5) is 0 Å². The summed E-state index contributed by atoms with van der Waals surface area (Å²) < 4.78 is 2.01. The summed E-state index contributed by atoms with van der Waals surface area (Å²) in [6.45, 7) is 10.1. The molecule has 0 aliphatic carbocycles. The molecule has 2 heterocycles. The van der Waals surface area contributed by atoms with E-state index in [1.807, 2.05) is 0 Å². The Morgan fingerprint density at radius 3 is 1.37 bits per heavy atom. The summed E-state index contributed by atoms with van der Waals surface area (Å²) in [4.78, 5) is 9.49. The third-order valence-corrected chi connectivity index (χ3v) is 8.63. The average Bonchev–Trinajstić information content (AvgIpc) is 2.77. The van der Waals surface area contributed by atoms with Crippen LogP contribution < -0.4 is 0 Å². The van der Waals surface area contributed by atoms with Crippen molar-refractivity contribution in [1.82, 2.24) is 19.6 Å². The summed E-state index contributed by atoms with van der Waals surface area (Å²) in [5, 5.41) is 17.3. The lowest BCUT2D eigenvalue weighted by Crippen LogP contribution is -2.48. The second-order valence-electron chi connectivity index (χ2n) is 7.41. The molecular formula is C20H32N6S4. The van der Waals surface area contributed by atoms with Crippen molar-refractivity contribution < 1.29 is 0 Å². The maximum Gasteiger partial charge on any atom is 0.136 e. The van der Waals surface area contributed by atoms with E-state index in [1.165, 1.54) is 0 Å². The molecule has 0 saturated carbocycles. The van der Waals surface area contributed by atoms with Gasteiger partial charge in [0, 0.05) is 76.7 Å². The average molecular weight is 485 g/mol. The van der Waals surface area contributed by atoms with Crippen molar-refractivity contribution in [3.63, 3.8) is 0 Å². The lowest BCUT2D eigenvalue weighted by Gasteiger charge is -2.36. The van der Waals surface area contributed by atoms with Crippen molar-refractivity contribution in [2.75, 3.05) is 77.0 Å². The first kappa shape index (κ1) is 25.6. The van der Waals surface area contributed by atoms with Gasteiger partial charge in [-0.2, -0.15) is 10.5 Å². The quantitative estimate of drug-likeness (QED) is 0.361. The van der Waals surface area contributed by atoms with Crippen molar-refractivity contribution in [3.8, 4) is 12.1 Å². The number of hydrogen-bond acceptors (Lipinski definition) is 8. The zero-order chi connectivity index (χ0) is 21.6. The predicted octanol–water partition coefficient (Wildman–Crippen LogP) is 2.87. The van der Waals surface area contributed by atoms with E-state index in [4.69, 9.17) is 35.0 Å². The molecule has 0 spiro atoms. The van der Waals surface area contributed by atoms with E-state index >= 15 is 0 Å². The number of thiocarbonyl (C=S) groups is 2. The minimum atomic E-state index is 0.645. The molecule has 0 amide bonds. The minimum absolute atomic E-state index is 0.645. The first-order chi connectivity index (χ1) is 14.6. The fourth-order valence-electron chi connectivity index (χ4n) is 3.51. The molecule has 2 rings (SSSR count). The van der Waals surface area contributed by atoms with Gasteiger partial charge in [0.1, 0.15) is 8.64 Å². The van der Waals surface area contributed by atoms with Gasteiger partial charge in [-0.25, -0.2) is 0 Å². The highest BCUT2D eigenvalue weighted by Crippen LogP contribution is 2.18. The Morgan fingerprint density at radius 2 is 1.03 bits per heavy atom. The van der Waals surface area contributed by atoms with E-state index in [-0.39, 0.29) is 0 Å². The molecule has 0 bridgehead atoms. The topological polar surface area (TPSA) is 60.5 Å². The molecule has 0 atom stereocenters. The Bertz CT molecular complexity index is 562. The predicted molar refractivity (Wildman–Crippen MR) is 136 cm³/mol. The van der Waals surface area contributed by atoms with Crippen molar-refractivity contribution in [1.29, 1.82) is 10.5 Å². The van der Waals surface area contributed by atoms with Gasteiger partial charge in [0.15, 0.2) is 0 Å². The number of thioether (sulfide) groups is 2. The minimum Gasteiger partial charge on any atom is -0.355 e. The van der Waals surface area contributed by atoms with Gasteiger partial charge < -0.3 is 9.80 Å². The SMILES string of the molecule is N#CCCCN1CCN(C(=S)SCCSC(=S)N2CCN(CCCC#N)CC2)CC1. The molecule has 2 fully saturated rings. The monoisotopic (exact) mass is 484 g/mol. The second kappa shape index (κ2) is 15.2. The molecule has 2 aliphatic heterocycles. The fraction of sp³-hybridized carbons (Fsp3) is 0.800. The van der Waals surface area contributed by atoms with Crippen LogP contribution in [0.3, 0.4) is 0 Å². The Kier molecular flexibility index (Phi) is 13.0. The van der Waals surface area contributed by atoms with Crippen LogP contribution in [0.1, 0.15) is 25.7 Å². The van der Waals surface area contributed by atoms with Crippen LogP contribution >= 0.6 is 48.0 Å². The zero-order valence-electron chi connectivity index (χ0n) is 17.6. The molecule has 0 radical (unpaired) electrons. The molecule has 0 unspecified atom stereocenters. The van der Waals surface area contributed by atoms with Gasteiger partial charge in [0.05, 0.1) is 12.1 Å². The van der Waals surface area contributed by atoms with Gasteiger partial charge in [0.2, 0.25) is 0 Å². The second-order valence-corrected chi connectivity index (χ2v) is 10.9. The number of nitrogens with zero attached hydrogens (tertiary/aromatic N) is 6. The number of nitriles is 2. The molecule has 2 aliphatic rings. The van der Waals surface area contributed by atoms with Gasteiger partial charge in [-0.1, -0.05) is 48.0 Å². The summed E-state index contributed by atoms with van der Waals surface area (Å²) >= 11 is 14.8. The van der Waals surface area contributed by atoms with Crippen LogP contribution in [-0.2, 0) is 0 Å². The van der Waals surface area contributed by atoms with Crippen molar-refractivity contribution in [2.45, 2.75) is 25.7 Å². The van der Waals surface area contributed by atoms with Gasteiger partial charge in [-0.05, 0) is 25.9 Å². The molecule has 10 heteroatoms. The molecule has 2 saturated heterocycles. The first-order valence-electron chi connectivity index (χ1n) is 10.7. The maximum absolute atomic E-state index is 8.65. The zero-order valence-corrected chi connectivity index (χ0v) is 20.9. The molecular weight excluding hydrogens is 453 g/mol. The van der Waals surface area contributed by atoms with Crippen LogP contribution in [0.15, 0.2) is 0 Å². The van der Waals surface area contributed by atoms with Crippen molar-refractivity contribution in [2.24, 2.45) is 0 Å². The van der Waals surface area contributed by atoms with Crippen molar-refractivity contribution in [3.05, 3.63) is 0 Å². The Labute approximate surface area is 200 Å². The highest BCUT2D eigenvalue weighted by molar-refractivity contribution is 8.25. The van der Waals surface area contributed by atoms with Gasteiger partial charge in [-0.3, -0.25) is 9.80 Å². The van der Waals surface area contributed by atoms with Crippen LogP contribution in [0.25, 0.3) is 0 Å². The summed E-state index contributed by atoms with van der Waals surface area (Å²) in [7, 11) is 0. The lowest BCUT2D eigenvalue weighted by atomic mass is 10.2. The highest BCUT2D eigenvalue weighted by Gasteiger charge is 2.20. The largest absolute Gasteiger partial charge is 0.355 e. The molecule has 6 nitrogen and oxygen atoms in total. The number of rotatable bonds is 9. The lowest BCUT2D eigenvalue weighted by molar-refractivity contribution is 0.184. The Morgan fingerprint density at radius 1 is 0.667 bits per heavy atom. The summed E-state index contributed by atoms with van der Waals surface area (Å²) in [5.41, 5.74) is 0. The Balaban J connectivity index is 1.52. The van der Waals surface area contributed by atoms with Crippen LogP contribution in [-0.4, -0.2) is 105 Å². The van der Waals surface area contributed by atoms with Crippen LogP contribution in [0, 0.1) is 22.7 Å². The van der Waals surface area contributed by atoms with E-state index in [9.17, 15) is 0 Å². The molecule has 0 aromatic rings. The van der Waals surface area contributed by atoms with E-state index < -0.39 is 0 Å². The van der Waals surface area contributed by atoms with E-state index in [2.05, 4.69) is 31.7 Å². The van der Waals surface area contributed by atoms with E-state index in [1.54, 1.807) is 23.5 Å². The number of unbranched alkanes of at least 4 members (excludes halogenated alkanes) is 2. The molecule has 0 aromatic heterocycles. The summed E-state index contributed by atoms with van der Waals surface area (Å²) in [6.07, 6.45) is 3.21. The normalized spacial score (nSPS) is 18.1. The van der Waals surface area contributed by atoms with Crippen LogP contribution in [0.5, 0.6) is 0 Å². The smallest absolute Gasteiger partial charge is 0.136 e. The molecule has 0 N–H and O–H groups in total.